The number of nitrogens with zero attached hydrogens (tertiary/aromatic N) is 3. The van der Waals surface area contributed by atoms with Crippen molar-refractivity contribution in [3.8, 4) is 34.2 Å². The zero-order chi connectivity index (χ0) is 36.7. The molecule has 7 nitrogen and oxygen atoms in total. The Balaban J connectivity index is 1.53. The summed E-state index contributed by atoms with van der Waals surface area (Å²) in [7, 11) is -1.20. The average Bonchev–Trinajstić information content (AvgIpc) is 3.39. The van der Waals surface area contributed by atoms with Gasteiger partial charge in [0.25, 0.3) is 0 Å². The summed E-state index contributed by atoms with van der Waals surface area (Å²) in [5.41, 5.74) is 4.83. The highest BCUT2D eigenvalue weighted by Crippen LogP contribution is 2.39. The molecular weight excluding hydrogens is 620 g/mol. The van der Waals surface area contributed by atoms with Gasteiger partial charge in [-0.15, -0.1) is 0 Å². The third-order valence-electron chi connectivity index (χ3n) is 10.9. The first-order chi connectivity index (χ1) is 23.0. The quantitative estimate of drug-likeness (QED) is 0.199. The van der Waals surface area contributed by atoms with Gasteiger partial charge in [0.2, 0.25) is 0 Å². The van der Waals surface area contributed by atoms with Gasteiger partial charge >= 0.3 is 14.2 Å². The van der Waals surface area contributed by atoms with Crippen molar-refractivity contribution in [1.29, 1.82) is 0 Å². The van der Waals surface area contributed by atoms with Crippen molar-refractivity contribution >= 4 is 25.2 Å². The fourth-order valence-corrected chi connectivity index (χ4v) is 6.04. The van der Waals surface area contributed by atoms with Crippen LogP contribution >= 0.6 is 0 Å². The Bertz CT molecular complexity index is 1730. The van der Waals surface area contributed by atoms with Crippen molar-refractivity contribution in [2.24, 2.45) is 0 Å². The zero-order valence-electron chi connectivity index (χ0n) is 32.5. The second-order valence-corrected chi connectivity index (χ2v) is 18.0. The van der Waals surface area contributed by atoms with Gasteiger partial charge in [-0.05, 0) is 88.3 Å². The Labute approximate surface area is 300 Å². The molecule has 0 saturated carbocycles. The van der Waals surface area contributed by atoms with Crippen LogP contribution in [0.4, 0.5) is 0 Å². The van der Waals surface area contributed by atoms with Gasteiger partial charge in [0.15, 0.2) is 17.5 Å². The van der Waals surface area contributed by atoms with Crippen molar-refractivity contribution < 1.29 is 18.6 Å². The Morgan fingerprint density at radius 2 is 0.700 bits per heavy atom. The molecule has 3 heterocycles. The lowest BCUT2D eigenvalue weighted by molar-refractivity contribution is 0.00578. The van der Waals surface area contributed by atoms with Crippen molar-refractivity contribution in [3.63, 3.8) is 0 Å². The smallest absolute Gasteiger partial charge is 0.399 e. The Morgan fingerprint density at radius 3 is 0.980 bits per heavy atom. The Morgan fingerprint density at radius 1 is 0.420 bits per heavy atom. The molecule has 262 valence electrons. The summed E-state index contributed by atoms with van der Waals surface area (Å²) in [5, 5.41) is 0. The van der Waals surface area contributed by atoms with Crippen LogP contribution in [0.3, 0.4) is 0 Å². The van der Waals surface area contributed by atoms with Gasteiger partial charge in [-0.1, -0.05) is 108 Å². The summed E-state index contributed by atoms with van der Waals surface area (Å²) < 4.78 is 26.2. The third-order valence-corrected chi connectivity index (χ3v) is 10.9. The monoisotopic (exact) mass is 673 g/mol. The molecule has 2 aliphatic heterocycles. The average molecular weight is 674 g/mol. The Hall–Kier alpha value is -3.36. The molecule has 1 aromatic heterocycles. The molecule has 0 unspecified atom stereocenters. The molecular formula is C41H53B2N3O4. The van der Waals surface area contributed by atoms with Gasteiger partial charge < -0.3 is 18.6 Å². The van der Waals surface area contributed by atoms with Gasteiger partial charge in [-0.2, -0.15) is 0 Å². The molecule has 6 rings (SSSR count). The lowest BCUT2D eigenvalue weighted by atomic mass is 9.71. The predicted molar refractivity (Wildman–Crippen MR) is 205 cm³/mol. The van der Waals surface area contributed by atoms with E-state index in [0.29, 0.717) is 17.5 Å². The summed E-state index contributed by atoms with van der Waals surface area (Å²) in [6.45, 7) is 29.8. The molecule has 0 amide bonds. The summed E-state index contributed by atoms with van der Waals surface area (Å²) in [6, 6.07) is 23.2. The maximum Gasteiger partial charge on any atom is 0.494 e. The SMILES string of the molecule is CC(C)(C)c1ccc(-c2nc(-c3ccc(C(C)(C)C)cc3)nc(-c3cc(B4OC(C)(C)C(C)(C)O4)cc(B4OC(C)(C)C(C)(C)O4)c3)n2)cc1. The zero-order valence-corrected chi connectivity index (χ0v) is 32.5. The van der Waals surface area contributed by atoms with Crippen molar-refractivity contribution in [2.45, 2.75) is 130 Å². The Kier molecular flexibility index (Phi) is 8.83. The lowest BCUT2D eigenvalue weighted by Crippen LogP contribution is -2.41. The van der Waals surface area contributed by atoms with E-state index >= 15 is 0 Å². The number of rotatable bonds is 5. The van der Waals surface area contributed by atoms with Crippen molar-refractivity contribution in [1.82, 2.24) is 15.0 Å². The van der Waals surface area contributed by atoms with Crippen LogP contribution < -0.4 is 10.9 Å². The van der Waals surface area contributed by atoms with Crippen LogP contribution in [0.15, 0.2) is 66.7 Å². The highest BCUT2D eigenvalue weighted by atomic mass is 16.7. The molecule has 0 aliphatic carbocycles. The van der Waals surface area contributed by atoms with Gasteiger partial charge in [-0.3, -0.25) is 0 Å². The molecule has 0 bridgehead atoms. The molecule has 0 spiro atoms. The van der Waals surface area contributed by atoms with E-state index < -0.39 is 36.6 Å². The second-order valence-electron chi connectivity index (χ2n) is 18.0. The van der Waals surface area contributed by atoms with Crippen LogP contribution in [-0.4, -0.2) is 51.6 Å². The molecule has 50 heavy (non-hydrogen) atoms. The van der Waals surface area contributed by atoms with Gasteiger partial charge in [-0.25, -0.2) is 15.0 Å². The fourth-order valence-electron chi connectivity index (χ4n) is 6.04. The number of aromatic nitrogens is 3. The predicted octanol–water partition coefficient (Wildman–Crippen LogP) is 8.07. The fraction of sp³-hybridized carbons (Fsp3) is 0.488. The maximum absolute atomic E-state index is 6.55. The van der Waals surface area contributed by atoms with Crippen LogP contribution in [0.1, 0.15) is 108 Å². The second kappa shape index (κ2) is 12.1. The molecule has 0 N–H and O–H groups in total. The van der Waals surface area contributed by atoms with Gasteiger partial charge in [0.05, 0.1) is 22.4 Å². The number of benzene rings is 3. The van der Waals surface area contributed by atoms with E-state index in [1.165, 1.54) is 11.1 Å². The molecule has 9 heteroatoms. The molecule has 4 aromatic rings. The number of hydrogen-bond donors (Lipinski definition) is 0. The van der Waals surface area contributed by atoms with E-state index in [4.69, 9.17) is 33.6 Å². The van der Waals surface area contributed by atoms with Crippen LogP contribution in [0.5, 0.6) is 0 Å². The van der Waals surface area contributed by atoms with E-state index in [1.807, 2.05) is 0 Å². The minimum atomic E-state index is -0.600. The van der Waals surface area contributed by atoms with Crippen molar-refractivity contribution in [3.05, 3.63) is 77.9 Å². The first-order valence-electron chi connectivity index (χ1n) is 17.8. The van der Waals surface area contributed by atoms with Crippen LogP contribution in [0.25, 0.3) is 34.2 Å². The highest BCUT2D eigenvalue weighted by molar-refractivity contribution is 6.66. The van der Waals surface area contributed by atoms with Gasteiger partial charge in [0, 0.05) is 16.7 Å². The topological polar surface area (TPSA) is 75.6 Å². The normalized spacial score (nSPS) is 19.6. The summed E-state index contributed by atoms with van der Waals surface area (Å²) >= 11 is 0. The van der Waals surface area contributed by atoms with E-state index in [9.17, 15) is 0 Å². The molecule has 2 saturated heterocycles. The number of hydrogen-bond acceptors (Lipinski definition) is 7. The lowest BCUT2D eigenvalue weighted by Gasteiger charge is -2.32. The van der Waals surface area contributed by atoms with E-state index in [1.54, 1.807) is 0 Å². The molecule has 3 aromatic carbocycles. The van der Waals surface area contributed by atoms with E-state index in [-0.39, 0.29) is 10.8 Å². The first-order valence-corrected chi connectivity index (χ1v) is 17.8. The molecule has 0 radical (unpaired) electrons. The highest BCUT2D eigenvalue weighted by Gasteiger charge is 2.54. The maximum atomic E-state index is 6.55. The molecule has 2 aliphatic rings. The molecule has 0 atom stereocenters. The minimum Gasteiger partial charge on any atom is -0.399 e. The van der Waals surface area contributed by atoms with Crippen LogP contribution in [0.2, 0.25) is 0 Å². The van der Waals surface area contributed by atoms with Gasteiger partial charge in [0.1, 0.15) is 0 Å². The minimum absolute atomic E-state index is 0.0284. The third kappa shape index (κ3) is 6.94. The summed E-state index contributed by atoms with van der Waals surface area (Å²) in [6.07, 6.45) is 0. The largest absolute Gasteiger partial charge is 0.494 e. The molecule has 2 fully saturated rings. The van der Waals surface area contributed by atoms with Crippen molar-refractivity contribution in [2.75, 3.05) is 0 Å². The summed E-state index contributed by atoms with van der Waals surface area (Å²) in [4.78, 5) is 15.3. The van der Waals surface area contributed by atoms with Crippen LogP contribution in [0, 0.1) is 0 Å². The van der Waals surface area contributed by atoms with E-state index in [2.05, 4.69) is 164 Å². The van der Waals surface area contributed by atoms with Crippen LogP contribution in [-0.2, 0) is 29.4 Å². The summed E-state index contributed by atoms with van der Waals surface area (Å²) in [5.74, 6) is 1.74. The standard InChI is InChI=1S/C41H53B2N3O4/c1-36(2,3)29-19-15-26(16-20-29)33-44-34(27-17-21-30(22-18-27)37(4,5)6)46-35(45-33)28-23-31(42-47-38(7,8)39(9,10)48-42)25-32(24-28)43-49-40(11,12)41(13,14)50-43/h15-25H,1-14H3. The van der Waals surface area contributed by atoms with E-state index in [0.717, 1.165) is 27.6 Å². The first kappa shape index (κ1) is 36.4.